The molecule has 0 saturated heterocycles. The summed E-state index contributed by atoms with van der Waals surface area (Å²) in [7, 11) is 0. The van der Waals surface area contributed by atoms with Crippen molar-refractivity contribution in [3.63, 3.8) is 0 Å². The number of aromatic nitrogens is 6. The molecule has 0 aliphatic carbocycles. The van der Waals surface area contributed by atoms with Gasteiger partial charge in [-0.2, -0.15) is 5.10 Å². The van der Waals surface area contributed by atoms with Crippen LogP contribution in [0.5, 0.6) is 0 Å². The Hall–Kier alpha value is -4.96. The number of amides is 1. The molecule has 4 N–H and O–H groups in total. The lowest BCUT2D eigenvalue weighted by atomic mass is 10.1. The van der Waals surface area contributed by atoms with Gasteiger partial charge in [-0.1, -0.05) is 36.4 Å². The lowest BCUT2D eigenvalue weighted by Crippen LogP contribution is -2.27. The second-order valence-corrected chi connectivity index (χ2v) is 10.0. The maximum absolute atomic E-state index is 12.9. The SMILES string of the molecule is Cc1cc(Nc2cc(C(C)(C)O)[nH]n2)nc(-c2ccc(C(=O)NC(C)c3ccc(-c4ccccc4)nc3)nc2)n1. The van der Waals surface area contributed by atoms with E-state index in [1.807, 2.05) is 56.3 Å². The number of rotatable bonds is 8. The number of benzene rings is 1. The maximum Gasteiger partial charge on any atom is 0.270 e. The number of aromatic amines is 1. The van der Waals surface area contributed by atoms with E-state index in [2.05, 4.69) is 40.8 Å². The molecule has 0 radical (unpaired) electrons. The first kappa shape index (κ1) is 26.6. The maximum atomic E-state index is 12.9. The minimum Gasteiger partial charge on any atom is -0.384 e. The van der Waals surface area contributed by atoms with E-state index in [1.165, 1.54) is 0 Å². The van der Waals surface area contributed by atoms with E-state index in [9.17, 15) is 9.90 Å². The molecule has 0 fully saturated rings. The average molecular weight is 535 g/mol. The Labute approximate surface area is 232 Å². The Kier molecular flexibility index (Phi) is 7.35. The fraction of sp³-hybridized carbons (Fsp3) is 0.200. The molecular formula is C30H30N8O2. The topological polar surface area (TPSA) is 142 Å². The van der Waals surface area contributed by atoms with Crippen molar-refractivity contribution in [2.24, 2.45) is 0 Å². The summed E-state index contributed by atoms with van der Waals surface area (Å²) in [5.74, 6) is 1.22. The number of nitrogens with zero attached hydrogens (tertiary/aromatic N) is 5. The van der Waals surface area contributed by atoms with Gasteiger partial charge in [-0.05, 0) is 51.5 Å². The van der Waals surface area contributed by atoms with E-state index in [1.54, 1.807) is 50.5 Å². The molecule has 1 unspecified atom stereocenters. The molecular weight excluding hydrogens is 504 g/mol. The van der Waals surface area contributed by atoms with Crippen LogP contribution in [0.2, 0.25) is 0 Å². The van der Waals surface area contributed by atoms with Crippen LogP contribution in [0, 0.1) is 6.92 Å². The number of carbonyl (C=O) groups excluding carboxylic acids is 1. The van der Waals surface area contributed by atoms with Gasteiger partial charge in [-0.25, -0.2) is 9.97 Å². The standard InChI is InChI=1S/C30H30N8O2/c1-18-14-26(35-27-15-25(37-38-27)30(3,4)40)36-28(33-18)22-11-13-24(32-17-22)29(39)34-19(2)21-10-12-23(31-16-21)20-8-6-5-7-9-20/h5-17,19,40H,1-4H3,(H,34,39)(H2,33,35,36,37,38). The molecule has 5 rings (SSSR count). The average Bonchev–Trinajstić information content (AvgIpc) is 3.42. The zero-order valence-electron chi connectivity index (χ0n) is 22.7. The number of anilines is 2. The highest BCUT2D eigenvalue weighted by Gasteiger charge is 2.19. The highest BCUT2D eigenvalue weighted by molar-refractivity contribution is 5.92. The number of aryl methyl sites for hydroxylation is 1. The molecule has 0 aliphatic heterocycles. The number of nitrogens with one attached hydrogen (secondary N) is 3. The number of pyridine rings is 2. The molecule has 10 heteroatoms. The lowest BCUT2D eigenvalue weighted by molar-refractivity contribution is 0.0738. The number of aliphatic hydroxyl groups is 1. The van der Waals surface area contributed by atoms with Crippen molar-refractivity contribution in [2.45, 2.75) is 39.3 Å². The minimum absolute atomic E-state index is 0.251. The highest BCUT2D eigenvalue weighted by Crippen LogP contribution is 2.24. The molecule has 4 heterocycles. The number of H-pyrrole nitrogens is 1. The fourth-order valence-electron chi connectivity index (χ4n) is 4.05. The molecule has 0 saturated carbocycles. The van der Waals surface area contributed by atoms with Crippen LogP contribution >= 0.6 is 0 Å². The molecule has 5 aromatic rings. The van der Waals surface area contributed by atoms with Gasteiger partial charge in [-0.3, -0.25) is 19.9 Å². The van der Waals surface area contributed by atoms with Crippen molar-refractivity contribution < 1.29 is 9.90 Å². The van der Waals surface area contributed by atoms with Crippen LogP contribution in [0.4, 0.5) is 11.6 Å². The van der Waals surface area contributed by atoms with Crippen LogP contribution in [-0.2, 0) is 5.60 Å². The van der Waals surface area contributed by atoms with Gasteiger partial charge >= 0.3 is 0 Å². The van der Waals surface area contributed by atoms with Crippen LogP contribution in [0.25, 0.3) is 22.6 Å². The van der Waals surface area contributed by atoms with Gasteiger partial charge in [0.15, 0.2) is 11.6 Å². The first-order valence-corrected chi connectivity index (χ1v) is 12.9. The summed E-state index contributed by atoms with van der Waals surface area (Å²) in [4.78, 5) is 30.9. The van der Waals surface area contributed by atoms with Crippen molar-refractivity contribution in [3.8, 4) is 22.6 Å². The summed E-state index contributed by atoms with van der Waals surface area (Å²) in [6.45, 7) is 7.12. The molecule has 4 aromatic heterocycles. The second-order valence-electron chi connectivity index (χ2n) is 10.0. The smallest absolute Gasteiger partial charge is 0.270 e. The summed E-state index contributed by atoms with van der Waals surface area (Å²) >= 11 is 0. The molecule has 40 heavy (non-hydrogen) atoms. The van der Waals surface area contributed by atoms with E-state index >= 15 is 0 Å². The van der Waals surface area contributed by atoms with Crippen molar-refractivity contribution in [2.75, 3.05) is 5.32 Å². The zero-order chi connectivity index (χ0) is 28.3. The number of hydrogen-bond acceptors (Lipinski definition) is 8. The van der Waals surface area contributed by atoms with Gasteiger partial charge in [0.1, 0.15) is 17.1 Å². The Morgan fingerprint density at radius 2 is 1.73 bits per heavy atom. The van der Waals surface area contributed by atoms with Crippen LogP contribution in [-0.4, -0.2) is 41.1 Å². The predicted molar refractivity (Wildman–Crippen MR) is 153 cm³/mol. The monoisotopic (exact) mass is 534 g/mol. The normalized spacial score (nSPS) is 12.1. The fourth-order valence-corrected chi connectivity index (χ4v) is 4.05. The third-order valence-electron chi connectivity index (χ3n) is 6.31. The van der Waals surface area contributed by atoms with E-state index < -0.39 is 5.60 Å². The van der Waals surface area contributed by atoms with Crippen molar-refractivity contribution in [1.82, 2.24) is 35.5 Å². The third kappa shape index (κ3) is 6.19. The predicted octanol–water partition coefficient (Wildman–Crippen LogP) is 5.09. The molecule has 10 nitrogen and oxygen atoms in total. The summed E-state index contributed by atoms with van der Waals surface area (Å²) in [5.41, 5.74) is 4.03. The lowest BCUT2D eigenvalue weighted by Gasteiger charge is -2.14. The summed E-state index contributed by atoms with van der Waals surface area (Å²) in [6, 6.07) is 20.5. The van der Waals surface area contributed by atoms with E-state index in [0.29, 0.717) is 28.7 Å². The molecule has 1 atom stereocenters. The molecule has 0 bridgehead atoms. The van der Waals surface area contributed by atoms with E-state index in [4.69, 9.17) is 0 Å². The first-order chi connectivity index (χ1) is 19.2. The van der Waals surface area contributed by atoms with E-state index in [-0.39, 0.29) is 17.6 Å². The molecule has 1 aromatic carbocycles. The van der Waals surface area contributed by atoms with Gasteiger partial charge in [0.2, 0.25) is 0 Å². The van der Waals surface area contributed by atoms with Crippen LogP contribution in [0.1, 0.15) is 54.3 Å². The number of carbonyl (C=O) groups is 1. The Balaban J connectivity index is 1.25. The Bertz CT molecular complexity index is 1610. The van der Waals surface area contributed by atoms with Crippen LogP contribution < -0.4 is 10.6 Å². The molecule has 0 spiro atoms. The Morgan fingerprint density at radius 1 is 0.925 bits per heavy atom. The van der Waals surface area contributed by atoms with Crippen LogP contribution in [0.3, 0.4) is 0 Å². The molecule has 0 aliphatic rings. The minimum atomic E-state index is -1.04. The quantitative estimate of drug-likeness (QED) is 0.216. The molecule has 1 amide bonds. The van der Waals surface area contributed by atoms with Crippen molar-refractivity contribution in [3.05, 3.63) is 102 Å². The van der Waals surface area contributed by atoms with Crippen LogP contribution in [0.15, 0.2) is 79.1 Å². The highest BCUT2D eigenvalue weighted by atomic mass is 16.3. The van der Waals surface area contributed by atoms with Gasteiger partial charge < -0.3 is 15.7 Å². The third-order valence-corrected chi connectivity index (χ3v) is 6.31. The van der Waals surface area contributed by atoms with Crippen molar-refractivity contribution in [1.29, 1.82) is 0 Å². The Morgan fingerprint density at radius 3 is 2.38 bits per heavy atom. The van der Waals surface area contributed by atoms with Gasteiger partial charge in [0.25, 0.3) is 5.91 Å². The zero-order valence-corrected chi connectivity index (χ0v) is 22.7. The van der Waals surface area contributed by atoms with Gasteiger partial charge in [0, 0.05) is 41.3 Å². The number of hydrogen-bond donors (Lipinski definition) is 4. The molecule has 202 valence electrons. The van der Waals surface area contributed by atoms with E-state index in [0.717, 1.165) is 22.5 Å². The second kappa shape index (κ2) is 11.0. The summed E-state index contributed by atoms with van der Waals surface area (Å²) in [6.07, 6.45) is 3.36. The summed E-state index contributed by atoms with van der Waals surface area (Å²) < 4.78 is 0. The summed E-state index contributed by atoms with van der Waals surface area (Å²) in [5, 5.41) is 23.3. The van der Waals surface area contributed by atoms with Crippen molar-refractivity contribution >= 4 is 17.5 Å². The van der Waals surface area contributed by atoms with Gasteiger partial charge in [0.05, 0.1) is 17.4 Å². The largest absolute Gasteiger partial charge is 0.384 e. The van der Waals surface area contributed by atoms with Gasteiger partial charge in [-0.15, -0.1) is 0 Å². The first-order valence-electron chi connectivity index (χ1n) is 12.9.